The molecule has 1 aromatic rings. The van der Waals surface area contributed by atoms with Crippen molar-refractivity contribution in [3.05, 3.63) is 46.2 Å². The van der Waals surface area contributed by atoms with Crippen LogP contribution in [0.15, 0.2) is 40.7 Å². The highest BCUT2D eigenvalue weighted by atomic mass is 15.2. The number of para-hydroxylation sites is 1. The van der Waals surface area contributed by atoms with Crippen molar-refractivity contribution in [2.45, 2.75) is 19.3 Å². The lowest BCUT2D eigenvalue weighted by molar-refractivity contribution is 0.390. The molecule has 2 nitrogen and oxygen atoms in total. The Balaban J connectivity index is 2.07. The highest BCUT2D eigenvalue weighted by Gasteiger charge is 2.29. The lowest BCUT2D eigenvalue weighted by Gasteiger charge is -2.27. The predicted octanol–water partition coefficient (Wildman–Crippen LogP) is 1.18. The molecule has 4 rings (SSSR count). The van der Waals surface area contributed by atoms with E-state index in [0.717, 1.165) is 0 Å². The van der Waals surface area contributed by atoms with E-state index >= 15 is 0 Å². The van der Waals surface area contributed by atoms with E-state index in [1.54, 1.807) is 0 Å². The van der Waals surface area contributed by atoms with E-state index in [1.807, 2.05) is 0 Å². The van der Waals surface area contributed by atoms with Crippen LogP contribution >= 0.6 is 0 Å². The molecule has 1 aromatic carbocycles. The fraction of sp³-hybridized carbons (Fsp3) is 0.357. The highest BCUT2D eigenvalue weighted by Crippen LogP contribution is 2.35. The fourth-order valence-corrected chi connectivity index (χ4v) is 3.13. The van der Waals surface area contributed by atoms with Crippen LogP contribution in [0.5, 0.6) is 0 Å². The van der Waals surface area contributed by atoms with Gasteiger partial charge in [0.05, 0.1) is 11.1 Å². The van der Waals surface area contributed by atoms with Crippen molar-refractivity contribution in [1.82, 2.24) is 4.90 Å². The first-order valence-electron chi connectivity index (χ1n) is 6.09. The number of rotatable bonds is 0. The zero-order valence-electron chi connectivity index (χ0n) is 9.24. The molecule has 0 unspecified atom stereocenters. The number of nitrogens with zero attached hydrogens (tertiary/aromatic N) is 2. The monoisotopic (exact) mass is 210 g/mol. The Morgan fingerprint density at radius 1 is 1.06 bits per heavy atom. The second-order valence-electron chi connectivity index (χ2n) is 4.74. The number of benzene rings is 1. The minimum Gasteiger partial charge on any atom is -0.373 e. The van der Waals surface area contributed by atoms with Crippen LogP contribution in [0.25, 0.3) is 5.57 Å². The number of fused-ring (bicyclic) bond motifs is 3. The van der Waals surface area contributed by atoms with E-state index in [9.17, 15) is 0 Å². The summed E-state index contributed by atoms with van der Waals surface area (Å²) in [7, 11) is 0. The van der Waals surface area contributed by atoms with E-state index in [2.05, 4.69) is 29.2 Å². The van der Waals surface area contributed by atoms with Crippen molar-refractivity contribution in [2.24, 2.45) is 4.99 Å². The van der Waals surface area contributed by atoms with Crippen LogP contribution in [0.3, 0.4) is 0 Å². The quantitative estimate of drug-likeness (QED) is 0.628. The van der Waals surface area contributed by atoms with Crippen molar-refractivity contribution in [1.29, 1.82) is 0 Å². The molecule has 0 N–H and O–H groups in total. The molecule has 3 heterocycles. The van der Waals surface area contributed by atoms with Gasteiger partial charge in [-0.25, -0.2) is 4.99 Å². The predicted molar refractivity (Wildman–Crippen MR) is 63.1 cm³/mol. The van der Waals surface area contributed by atoms with Crippen molar-refractivity contribution in [3.63, 3.8) is 0 Å². The summed E-state index contributed by atoms with van der Waals surface area (Å²) < 4.78 is 0. The van der Waals surface area contributed by atoms with Crippen LogP contribution in [0.4, 0.5) is 0 Å². The molecule has 0 saturated carbocycles. The summed E-state index contributed by atoms with van der Waals surface area (Å²) in [6, 6.07) is 8.55. The number of allylic oxidation sites excluding steroid dienone is 2. The van der Waals surface area contributed by atoms with Crippen LogP contribution in [0.2, 0.25) is 0 Å². The maximum absolute atomic E-state index is 4.82. The first-order valence-corrected chi connectivity index (χ1v) is 6.09. The van der Waals surface area contributed by atoms with Gasteiger partial charge in [-0.3, -0.25) is 0 Å². The lowest BCUT2D eigenvalue weighted by Crippen LogP contribution is -2.27. The molecule has 0 atom stereocenters. The average Bonchev–Trinajstić information content (AvgIpc) is 2.92. The zero-order valence-corrected chi connectivity index (χ0v) is 9.24. The summed E-state index contributed by atoms with van der Waals surface area (Å²) in [6.45, 7) is 2.43. The Kier molecular flexibility index (Phi) is 1.59. The van der Waals surface area contributed by atoms with Crippen LogP contribution < -0.4 is 10.6 Å². The van der Waals surface area contributed by atoms with Gasteiger partial charge in [-0.05, 0) is 30.9 Å². The van der Waals surface area contributed by atoms with Gasteiger partial charge in [-0.2, -0.15) is 0 Å². The minimum absolute atomic E-state index is 1.17. The van der Waals surface area contributed by atoms with Crippen LogP contribution in [0.1, 0.15) is 19.3 Å². The molecular formula is C14H14N2. The first-order chi connectivity index (χ1) is 7.93. The summed E-state index contributed by atoms with van der Waals surface area (Å²) >= 11 is 0. The zero-order chi connectivity index (χ0) is 10.5. The van der Waals surface area contributed by atoms with Crippen molar-refractivity contribution >= 4 is 5.57 Å². The van der Waals surface area contributed by atoms with Crippen LogP contribution in [-0.2, 0) is 0 Å². The third-order valence-corrected chi connectivity index (χ3v) is 3.88. The summed E-state index contributed by atoms with van der Waals surface area (Å²) in [5, 5.41) is 2.55. The van der Waals surface area contributed by atoms with Gasteiger partial charge >= 0.3 is 0 Å². The van der Waals surface area contributed by atoms with Gasteiger partial charge in [-0.1, -0.05) is 18.2 Å². The van der Waals surface area contributed by atoms with E-state index in [0.29, 0.717) is 0 Å². The third kappa shape index (κ3) is 0.993. The Morgan fingerprint density at radius 3 is 3.00 bits per heavy atom. The molecule has 80 valence electrons. The summed E-state index contributed by atoms with van der Waals surface area (Å²) in [4.78, 5) is 7.34. The van der Waals surface area contributed by atoms with Crippen LogP contribution in [-0.4, -0.2) is 18.0 Å². The SMILES string of the molecule is c1ccc2c(c1)=NC1=C3CCCN3CCC=21. The van der Waals surface area contributed by atoms with Crippen LogP contribution in [0, 0.1) is 0 Å². The Bertz CT molecular complexity index is 610. The summed E-state index contributed by atoms with van der Waals surface area (Å²) in [5.41, 5.74) is 4.28. The molecular weight excluding hydrogens is 196 g/mol. The standard InChI is InChI=1S/C14H14N2/c1-2-5-12-10(4-1)11-7-9-16-8-3-6-13(16)14(11)15-12/h1-2,4-5H,3,6-9H2. The summed E-state index contributed by atoms with van der Waals surface area (Å²) in [5.74, 6) is 0. The minimum atomic E-state index is 1.17. The Labute approximate surface area is 94.6 Å². The fourth-order valence-electron chi connectivity index (χ4n) is 3.13. The maximum atomic E-state index is 4.82. The Hall–Kier alpha value is -1.57. The molecule has 0 aliphatic carbocycles. The number of hydrogen-bond donors (Lipinski definition) is 0. The third-order valence-electron chi connectivity index (χ3n) is 3.88. The molecule has 0 aromatic heterocycles. The van der Waals surface area contributed by atoms with Gasteiger partial charge < -0.3 is 4.90 Å². The van der Waals surface area contributed by atoms with Crippen molar-refractivity contribution in [3.8, 4) is 0 Å². The van der Waals surface area contributed by atoms with Crippen molar-refractivity contribution < 1.29 is 0 Å². The van der Waals surface area contributed by atoms with E-state index < -0.39 is 0 Å². The molecule has 2 heteroatoms. The second-order valence-corrected chi connectivity index (χ2v) is 4.74. The van der Waals surface area contributed by atoms with Gasteiger partial charge in [-0.15, -0.1) is 0 Å². The molecule has 3 aliphatic heterocycles. The molecule has 3 aliphatic rings. The van der Waals surface area contributed by atoms with Gasteiger partial charge in [0.25, 0.3) is 0 Å². The van der Waals surface area contributed by atoms with Gasteiger partial charge in [0, 0.05) is 24.0 Å². The molecule has 0 radical (unpaired) electrons. The normalized spacial score (nSPS) is 21.8. The topological polar surface area (TPSA) is 15.6 Å². The molecule has 0 spiro atoms. The molecule has 0 bridgehead atoms. The van der Waals surface area contributed by atoms with Gasteiger partial charge in [0.1, 0.15) is 0 Å². The molecule has 1 fully saturated rings. The van der Waals surface area contributed by atoms with Crippen molar-refractivity contribution in [2.75, 3.05) is 13.1 Å². The second kappa shape index (κ2) is 2.97. The van der Waals surface area contributed by atoms with Gasteiger partial charge in [0.2, 0.25) is 0 Å². The van der Waals surface area contributed by atoms with Gasteiger partial charge in [0.15, 0.2) is 0 Å². The lowest BCUT2D eigenvalue weighted by atomic mass is 10.0. The number of hydrogen-bond acceptors (Lipinski definition) is 2. The molecule has 16 heavy (non-hydrogen) atoms. The van der Waals surface area contributed by atoms with E-state index in [-0.39, 0.29) is 0 Å². The smallest absolute Gasteiger partial charge is 0.0867 e. The average molecular weight is 210 g/mol. The highest BCUT2D eigenvalue weighted by molar-refractivity contribution is 5.68. The largest absolute Gasteiger partial charge is 0.373 e. The van der Waals surface area contributed by atoms with E-state index in [1.165, 1.54) is 59.9 Å². The first kappa shape index (κ1) is 8.57. The summed E-state index contributed by atoms with van der Waals surface area (Å²) in [6.07, 6.45) is 3.69. The maximum Gasteiger partial charge on any atom is 0.0867 e. The Morgan fingerprint density at radius 2 is 2.00 bits per heavy atom. The molecule has 1 saturated heterocycles. The van der Waals surface area contributed by atoms with E-state index in [4.69, 9.17) is 4.99 Å². The molecule has 0 amide bonds.